The van der Waals surface area contributed by atoms with Gasteiger partial charge in [-0.25, -0.2) is 9.59 Å². The topological polar surface area (TPSA) is 108 Å². The number of hydrogen-bond acceptors (Lipinski definition) is 7. The zero-order valence-electron chi connectivity index (χ0n) is 16.2. The molecule has 0 saturated carbocycles. The second kappa shape index (κ2) is 9.70. The van der Waals surface area contributed by atoms with Crippen molar-refractivity contribution < 1.29 is 33.4 Å². The molecule has 0 fully saturated rings. The Kier molecular flexibility index (Phi) is 7.96. The largest absolute Gasteiger partial charge is 0.467 e. The van der Waals surface area contributed by atoms with Crippen molar-refractivity contribution in [1.29, 1.82) is 0 Å². The fraction of sp³-hybridized carbons (Fsp3) is 0.474. The van der Waals surface area contributed by atoms with E-state index >= 15 is 0 Å². The van der Waals surface area contributed by atoms with Gasteiger partial charge in [0, 0.05) is 12.0 Å². The number of hydrogen-bond donors (Lipinski definition) is 1. The molecule has 0 aliphatic rings. The molecule has 1 aromatic rings. The average molecular weight is 379 g/mol. The van der Waals surface area contributed by atoms with Gasteiger partial charge in [-0.1, -0.05) is 6.07 Å². The summed E-state index contributed by atoms with van der Waals surface area (Å²) in [5.74, 6) is -2.34. The molecule has 0 unspecified atom stereocenters. The second-order valence-corrected chi connectivity index (χ2v) is 6.75. The molecule has 1 aromatic carbocycles. The summed E-state index contributed by atoms with van der Waals surface area (Å²) in [4.78, 5) is 47.8. The molecule has 1 N–H and O–H groups in total. The summed E-state index contributed by atoms with van der Waals surface area (Å²) in [5, 5.41) is 2.51. The van der Waals surface area contributed by atoms with Crippen LogP contribution in [-0.4, -0.2) is 49.7 Å². The summed E-state index contributed by atoms with van der Waals surface area (Å²) >= 11 is 0. The van der Waals surface area contributed by atoms with E-state index in [2.05, 4.69) is 14.8 Å². The smallest absolute Gasteiger partial charge is 0.337 e. The number of rotatable bonds is 7. The van der Waals surface area contributed by atoms with Crippen LogP contribution in [0.5, 0.6) is 0 Å². The highest BCUT2D eigenvalue weighted by Crippen LogP contribution is 2.12. The van der Waals surface area contributed by atoms with Crippen molar-refractivity contribution in [3.63, 3.8) is 0 Å². The Hall–Kier alpha value is -2.90. The molecule has 0 aromatic heterocycles. The van der Waals surface area contributed by atoms with Crippen LogP contribution in [0.15, 0.2) is 24.3 Å². The van der Waals surface area contributed by atoms with Crippen molar-refractivity contribution in [3.8, 4) is 0 Å². The van der Waals surface area contributed by atoms with Gasteiger partial charge < -0.3 is 19.5 Å². The highest BCUT2D eigenvalue weighted by atomic mass is 16.6. The molecule has 1 rings (SSSR count). The Bertz CT molecular complexity index is 706. The van der Waals surface area contributed by atoms with E-state index in [-0.39, 0.29) is 24.0 Å². The zero-order chi connectivity index (χ0) is 20.6. The number of amides is 1. The maximum atomic E-state index is 12.4. The molecule has 0 radical (unpaired) electrons. The van der Waals surface area contributed by atoms with E-state index < -0.39 is 35.5 Å². The molecular formula is C19H25NO7. The molecule has 1 atom stereocenters. The first-order valence-electron chi connectivity index (χ1n) is 8.36. The Morgan fingerprint density at radius 3 is 2.22 bits per heavy atom. The number of ether oxygens (including phenoxy) is 3. The maximum Gasteiger partial charge on any atom is 0.337 e. The van der Waals surface area contributed by atoms with Crippen LogP contribution in [0.4, 0.5) is 0 Å². The van der Waals surface area contributed by atoms with Crippen LogP contribution < -0.4 is 5.32 Å². The first kappa shape index (κ1) is 22.1. The second-order valence-electron chi connectivity index (χ2n) is 6.75. The molecule has 0 bridgehead atoms. The molecule has 0 aliphatic heterocycles. The highest BCUT2D eigenvalue weighted by Gasteiger charge is 2.25. The predicted octanol–water partition coefficient (Wildman–Crippen LogP) is 1.87. The van der Waals surface area contributed by atoms with Gasteiger partial charge in [0.05, 0.1) is 19.8 Å². The molecule has 0 heterocycles. The summed E-state index contributed by atoms with van der Waals surface area (Å²) < 4.78 is 14.5. The molecular weight excluding hydrogens is 354 g/mol. The first-order valence-corrected chi connectivity index (χ1v) is 8.36. The summed E-state index contributed by atoms with van der Waals surface area (Å²) in [6, 6.07) is 4.84. The molecule has 1 amide bonds. The van der Waals surface area contributed by atoms with E-state index in [1.54, 1.807) is 20.8 Å². The fourth-order valence-electron chi connectivity index (χ4n) is 2.19. The Labute approximate surface area is 158 Å². The van der Waals surface area contributed by atoms with E-state index in [9.17, 15) is 19.2 Å². The van der Waals surface area contributed by atoms with Gasteiger partial charge in [0.25, 0.3) is 5.91 Å². The number of nitrogens with one attached hydrogen (secondary N) is 1. The van der Waals surface area contributed by atoms with Crippen molar-refractivity contribution in [2.75, 3.05) is 14.2 Å². The lowest BCUT2D eigenvalue weighted by Gasteiger charge is -2.21. The van der Waals surface area contributed by atoms with Crippen molar-refractivity contribution in [2.24, 2.45) is 0 Å². The molecule has 27 heavy (non-hydrogen) atoms. The van der Waals surface area contributed by atoms with Gasteiger partial charge in [0.1, 0.15) is 11.6 Å². The molecule has 0 aliphatic carbocycles. The standard InChI is InChI=1S/C19H25NO7/c1-19(2,3)27-15(21)10-9-14(18(24)26-5)20-16(22)12-7-6-8-13(11-12)17(23)25-4/h6-8,11,14H,9-10H2,1-5H3,(H,20,22)/t14-/m0/s1. The molecule has 8 nitrogen and oxygen atoms in total. The average Bonchev–Trinajstić information content (AvgIpc) is 2.62. The van der Waals surface area contributed by atoms with Gasteiger partial charge in [-0.05, 0) is 45.4 Å². The normalized spacial score (nSPS) is 11.9. The monoisotopic (exact) mass is 379 g/mol. The molecule has 0 spiro atoms. The van der Waals surface area contributed by atoms with E-state index in [0.29, 0.717) is 0 Å². The van der Waals surface area contributed by atoms with Gasteiger partial charge in [-0.3, -0.25) is 9.59 Å². The van der Waals surface area contributed by atoms with Crippen LogP contribution >= 0.6 is 0 Å². The third-order valence-electron chi connectivity index (χ3n) is 3.39. The maximum absolute atomic E-state index is 12.4. The van der Waals surface area contributed by atoms with Crippen LogP contribution in [0.25, 0.3) is 0 Å². The Morgan fingerprint density at radius 2 is 1.67 bits per heavy atom. The lowest BCUT2D eigenvalue weighted by Crippen LogP contribution is -2.42. The highest BCUT2D eigenvalue weighted by molar-refractivity contribution is 5.99. The summed E-state index contributed by atoms with van der Waals surface area (Å²) in [5.41, 5.74) is -0.271. The number of esters is 3. The Morgan fingerprint density at radius 1 is 1.04 bits per heavy atom. The minimum absolute atomic E-state index is 0.0179. The van der Waals surface area contributed by atoms with Gasteiger partial charge >= 0.3 is 17.9 Å². The van der Waals surface area contributed by atoms with Crippen molar-refractivity contribution >= 4 is 23.8 Å². The van der Waals surface area contributed by atoms with E-state index in [4.69, 9.17) is 4.74 Å². The molecule has 8 heteroatoms. The summed E-state index contributed by atoms with van der Waals surface area (Å²) in [6.45, 7) is 5.20. The summed E-state index contributed by atoms with van der Waals surface area (Å²) in [7, 11) is 2.42. The number of methoxy groups -OCH3 is 2. The van der Waals surface area contributed by atoms with E-state index in [1.165, 1.54) is 38.5 Å². The fourth-order valence-corrected chi connectivity index (χ4v) is 2.19. The lowest BCUT2D eigenvalue weighted by atomic mass is 10.1. The van der Waals surface area contributed by atoms with Gasteiger partial charge in [-0.15, -0.1) is 0 Å². The van der Waals surface area contributed by atoms with Gasteiger partial charge in [0.2, 0.25) is 0 Å². The third-order valence-corrected chi connectivity index (χ3v) is 3.39. The summed E-state index contributed by atoms with van der Waals surface area (Å²) in [6.07, 6.45) is -0.0520. The molecule has 0 saturated heterocycles. The van der Waals surface area contributed by atoms with Crippen molar-refractivity contribution in [2.45, 2.75) is 45.3 Å². The Balaban J connectivity index is 2.82. The van der Waals surface area contributed by atoms with Gasteiger partial charge in [-0.2, -0.15) is 0 Å². The van der Waals surface area contributed by atoms with Crippen LogP contribution in [-0.2, 0) is 23.8 Å². The first-order chi connectivity index (χ1) is 12.6. The quantitative estimate of drug-likeness (QED) is 0.569. The van der Waals surface area contributed by atoms with Crippen molar-refractivity contribution in [3.05, 3.63) is 35.4 Å². The van der Waals surface area contributed by atoms with Crippen molar-refractivity contribution in [1.82, 2.24) is 5.32 Å². The lowest BCUT2D eigenvalue weighted by molar-refractivity contribution is -0.155. The van der Waals surface area contributed by atoms with Crippen LogP contribution in [0.3, 0.4) is 0 Å². The van der Waals surface area contributed by atoms with Crippen LogP contribution in [0.2, 0.25) is 0 Å². The SMILES string of the molecule is COC(=O)c1cccc(C(=O)N[C@@H](CCC(=O)OC(C)(C)C)C(=O)OC)c1. The zero-order valence-corrected chi connectivity index (χ0v) is 16.2. The number of benzene rings is 1. The van der Waals surface area contributed by atoms with Crippen LogP contribution in [0.1, 0.15) is 54.3 Å². The van der Waals surface area contributed by atoms with Crippen LogP contribution in [0, 0.1) is 0 Å². The predicted molar refractivity (Wildman–Crippen MR) is 96.1 cm³/mol. The number of carbonyl (C=O) groups excluding carboxylic acids is 4. The van der Waals surface area contributed by atoms with E-state index in [0.717, 1.165) is 0 Å². The molecule has 148 valence electrons. The van der Waals surface area contributed by atoms with Gasteiger partial charge in [0.15, 0.2) is 0 Å². The number of carbonyl (C=O) groups is 4. The minimum atomic E-state index is -1.03. The van der Waals surface area contributed by atoms with E-state index in [1.807, 2.05) is 0 Å². The minimum Gasteiger partial charge on any atom is -0.467 e. The third kappa shape index (κ3) is 7.47.